The van der Waals surface area contributed by atoms with Gasteiger partial charge in [-0.05, 0) is 61.9 Å². The number of hydrogen-bond donors (Lipinski definition) is 5. The van der Waals surface area contributed by atoms with Crippen molar-refractivity contribution in [1.82, 2.24) is 15.4 Å². The van der Waals surface area contributed by atoms with Crippen molar-refractivity contribution in [1.29, 1.82) is 0 Å². The largest absolute Gasteiger partial charge is 0.494 e. The minimum atomic E-state index is -4.12. The lowest BCUT2D eigenvalue weighted by Gasteiger charge is -2.17. The number of carbonyl (C=O) groups is 3. The smallest absolute Gasteiger partial charge is 0.407 e. The van der Waals surface area contributed by atoms with E-state index in [0.29, 0.717) is 88.9 Å². The number of rotatable bonds is 26. The summed E-state index contributed by atoms with van der Waals surface area (Å²) in [7, 11) is -4.12. The monoisotopic (exact) mass is 710 g/mol. The number of sulfonamides is 1. The summed E-state index contributed by atoms with van der Waals surface area (Å²) in [5, 5.41) is 14.6. The molecular weight excluding hydrogens is 660 g/mol. The van der Waals surface area contributed by atoms with Crippen LogP contribution in [0.5, 0.6) is 5.75 Å². The van der Waals surface area contributed by atoms with Crippen molar-refractivity contribution < 1.29 is 51.6 Å². The Kier molecular flexibility index (Phi) is 19.9. The molecule has 2 rings (SSSR count). The van der Waals surface area contributed by atoms with Gasteiger partial charge in [0.05, 0.1) is 37.9 Å². The second-order valence-corrected chi connectivity index (χ2v) is 12.6. The number of nitrogens with one attached hydrogen (secondary N) is 3. The molecule has 0 aliphatic carbocycles. The van der Waals surface area contributed by atoms with E-state index in [1.807, 2.05) is 30.3 Å². The number of carbonyl (C=O) groups excluding carboxylic acids is 2. The van der Waals surface area contributed by atoms with Gasteiger partial charge < -0.3 is 45.2 Å². The molecule has 0 fully saturated rings. The highest BCUT2D eigenvalue weighted by Gasteiger charge is 2.27. The van der Waals surface area contributed by atoms with Gasteiger partial charge in [0.25, 0.3) is 0 Å². The zero-order valence-electron chi connectivity index (χ0n) is 28.2. The van der Waals surface area contributed by atoms with Gasteiger partial charge in [-0.15, -0.1) is 0 Å². The lowest BCUT2D eigenvalue weighted by Crippen LogP contribution is -2.45. The first kappa shape index (κ1) is 41.4. The number of ether oxygens (including phenoxy) is 5. The summed E-state index contributed by atoms with van der Waals surface area (Å²) in [4.78, 5) is 35.0. The Morgan fingerprint density at radius 2 is 1.39 bits per heavy atom. The maximum Gasteiger partial charge on any atom is 0.407 e. The van der Waals surface area contributed by atoms with Gasteiger partial charge in [0.15, 0.2) is 0 Å². The number of carboxylic acid groups (broad SMARTS) is 1. The highest BCUT2D eigenvalue weighted by Crippen LogP contribution is 2.26. The summed E-state index contributed by atoms with van der Waals surface area (Å²) in [6.45, 7) is 6.91. The summed E-state index contributed by atoms with van der Waals surface area (Å²) in [5.74, 6) is -1.03. The number of carboxylic acids is 1. The molecule has 1 atom stereocenters. The van der Waals surface area contributed by atoms with Crippen LogP contribution in [0.4, 0.5) is 4.79 Å². The van der Waals surface area contributed by atoms with Crippen LogP contribution in [0, 0.1) is 13.8 Å². The average Bonchev–Trinajstić information content (AvgIpc) is 3.06. The van der Waals surface area contributed by atoms with E-state index in [-0.39, 0.29) is 37.0 Å². The summed E-state index contributed by atoms with van der Waals surface area (Å²) < 4.78 is 54.9. The minimum Gasteiger partial charge on any atom is -0.494 e. The van der Waals surface area contributed by atoms with E-state index in [9.17, 15) is 22.8 Å². The number of nitrogens with two attached hydrogens (primary N) is 1. The molecular formula is C33H50N4O11S. The number of hydrogen-bond acceptors (Lipinski definition) is 11. The molecule has 15 nitrogen and oxygen atoms in total. The molecule has 2 aromatic rings. The Balaban J connectivity index is 1.42. The van der Waals surface area contributed by atoms with Crippen LogP contribution in [0.25, 0.3) is 0 Å². The average molecular weight is 711 g/mol. The van der Waals surface area contributed by atoms with Gasteiger partial charge in [-0.2, -0.15) is 4.72 Å². The molecule has 0 saturated heterocycles. The zero-order chi connectivity index (χ0) is 35.9. The van der Waals surface area contributed by atoms with E-state index >= 15 is 0 Å². The fourth-order valence-electron chi connectivity index (χ4n) is 4.46. The van der Waals surface area contributed by atoms with Crippen LogP contribution in [0.2, 0.25) is 0 Å². The van der Waals surface area contributed by atoms with Gasteiger partial charge in [0.1, 0.15) is 18.4 Å². The summed E-state index contributed by atoms with van der Waals surface area (Å²) in [6.07, 6.45) is 1.58. The molecule has 0 aliphatic heterocycles. The third-order valence-corrected chi connectivity index (χ3v) is 8.61. The third kappa shape index (κ3) is 17.4. The summed E-state index contributed by atoms with van der Waals surface area (Å²) in [5.41, 5.74) is 7.08. The Morgan fingerprint density at radius 3 is 1.96 bits per heavy atom. The zero-order valence-corrected chi connectivity index (χ0v) is 29.1. The van der Waals surface area contributed by atoms with Gasteiger partial charge in [0.2, 0.25) is 15.9 Å². The first-order chi connectivity index (χ1) is 23.5. The van der Waals surface area contributed by atoms with E-state index in [2.05, 4.69) is 15.4 Å². The molecule has 0 aromatic heterocycles. The van der Waals surface area contributed by atoms with Crippen molar-refractivity contribution in [2.75, 3.05) is 65.9 Å². The van der Waals surface area contributed by atoms with Crippen molar-refractivity contribution in [3.63, 3.8) is 0 Å². The molecule has 0 aliphatic rings. The molecule has 2 amide bonds. The Hall–Kier alpha value is -3.80. The van der Waals surface area contributed by atoms with Crippen molar-refractivity contribution in [2.24, 2.45) is 5.73 Å². The van der Waals surface area contributed by atoms with Crippen molar-refractivity contribution in [2.45, 2.75) is 57.1 Å². The number of benzene rings is 2. The SMILES string of the molecule is Cc1cc(OCCCC(=O)NCCCOCCOCCOCCCNC(=O)OCc2ccccc2)cc(C)c1S(=O)(=O)NC(CN)C(=O)O. The van der Waals surface area contributed by atoms with E-state index in [1.54, 1.807) is 26.0 Å². The molecule has 0 heterocycles. The molecule has 0 saturated carbocycles. The normalized spacial score (nSPS) is 11.9. The number of aryl methyl sites for hydroxylation is 2. The quantitative estimate of drug-likeness (QED) is 0.0888. The van der Waals surface area contributed by atoms with E-state index in [1.165, 1.54) is 0 Å². The van der Waals surface area contributed by atoms with Gasteiger partial charge in [-0.3, -0.25) is 9.59 Å². The number of amides is 2. The highest BCUT2D eigenvalue weighted by atomic mass is 32.2. The Morgan fingerprint density at radius 1 is 0.816 bits per heavy atom. The van der Waals surface area contributed by atoms with Gasteiger partial charge in [-0.1, -0.05) is 30.3 Å². The van der Waals surface area contributed by atoms with Crippen LogP contribution in [-0.2, 0) is 45.2 Å². The highest BCUT2D eigenvalue weighted by molar-refractivity contribution is 7.89. The van der Waals surface area contributed by atoms with Crippen LogP contribution in [-0.4, -0.2) is 103 Å². The molecule has 1 unspecified atom stereocenters. The van der Waals surface area contributed by atoms with Gasteiger partial charge in [0, 0.05) is 39.3 Å². The maximum atomic E-state index is 12.7. The minimum absolute atomic E-state index is 0.0290. The van der Waals surface area contributed by atoms with Crippen molar-refractivity contribution >= 4 is 28.0 Å². The molecule has 0 radical (unpaired) electrons. The molecule has 0 bridgehead atoms. The standard InChI is InChI=1S/C33H50N4O11S/c1-25-21-28(22-26(2)31(25)49(42,43)37-29(23-34)32(39)40)47-16-6-11-30(38)35-12-7-14-44-17-19-46-20-18-45-15-8-13-36-33(41)48-24-27-9-4-3-5-10-27/h3-5,9-10,21-22,29,37H,6-8,11-20,23-24,34H2,1-2H3,(H,35,38)(H,36,41)(H,39,40). The number of alkyl carbamates (subject to hydrolysis) is 1. The lowest BCUT2D eigenvalue weighted by molar-refractivity contribution is -0.138. The van der Waals surface area contributed by atoms with Crippen molar-refractivity contribution in [3.8, 4) is 5.75 Å². The fourth-order valence-corrected chi connectivity index (χ4v) is 6.11. The predicted molar refractivity (Wildman–Crippen MR) is 181 cm³/mol. The van der Waals surface area contributed by atoms with Crippen molar-refractivity contribution in [3.05, 3.63) is 59.2 Å². The van der Waals surface area contributed by atoms with Crippen LogP contribution in [0.15, 0.2) is 47.4 Å². The van der Waals surface area contributed by atoms with Crippen LogP contribution in [0.3, 0.4) is 0 Å². The van der Waals surface area contributed by atoms with E-state index < -0.39 is 28.1 Å². The van der Waals surface area contributed by atoms with Crippen LogP contribution in [0.1, 0.15) is 42.4 Å². The van der Waals surface area contributed by atoms with Gasteiger partial charge >= 0.3 is 12.1 Å². The topological polar surface area (TPSA) is 214 Å². The second kappa shape index (κ2) is 23.5. The lowest BCUT2D eigenvalue weighted by atomic mass is 10.1. The van der Waals surface area contributed by atoms with Crippen LogP contribution < -0.4 is 25.8 Å². The molecule has 0 spiro atoms. The van der Waals surface area contributed by atoms with E-state index in [0.717, 1.165) is 5.56 Å². The van der Waals surface area contributed by atoms with Crippen LogP contribution >= 0.6 is 0 Å². The van der Waals surface area contributed by atoms with Gasteiger partial charge in [-0.25, -0.2) is 13.2 Å². The molecule has 49 heavy (non-hydrogen) atoms. The Bertz CT molecular complexity index is 1370. The molecule has 274 valence electrons. The summed E-state index contributed by atoms with van der Waals surface area (Å²) in [6, 6.07) is 11.1. The molecule has 6 N–H and O–H groups in total. The second-order valence-electron chi connectivity index (χ2n) is 11.0. The Labute approximate surface area is 288 Å². The first-order valence-corrected chi connectivity index (χ1v) is 17.7. The first-order valence-electron chi connectivity index (χ1n) is 16.2. The van der Waals surface area contributed by atoms with E-state index in [4.69, 9.17) is 34.5 Å². The molecule has 16 heteroatoms. The predicted octanol–water partition coefficient (Wildman–Crippen LogP) is 2.03. The fraction of sp³-hybridized carbons (Fsp3) is 0.545. The summed E-state index contributed by atoms with van der Waals surface area (Å²) >= 11 is 0. The maximum absolute atomic E-state index is 12.7. The molecule has 2 aromatic carbocycles. The third-order valence-electron chi connectivity index (χ3n) is 6.83. The number of aliphatic carboxylic acids is 1.